The van der Waals surface area contributed by atoms with Crippen molar-refractivity contribution in [2.24, 2.45) is 0 Å². The van der Waals surface area contributed by atoms with Gasteiger partial charge >= 0.3 is 0 Å². The second kappa shape index (κ2) is 9.21. The van der Waals surface area contributed by atoms with E-state index in [4.69, 9.17) is 4.74 Å². The third-order valence-corrected chi connectivity index (χ3v) is 8.19. The molecule has 1 amide bonds. The maximum Gasteiger partial charge on any atom is 0.240 e. The van der Waals surface area contributed by atoms with Crippen LogP contribution < -0.4 is 14.8 Å². The van der Waals surface area contributed by atoms with Crippen LogP contribution in [0.5, 0.6) is 5.88 Å². The number of benzene rings is 1. The molecule has 0 saturated heterocycles. The van der Waals surface area contributed by atoms with Crippen molar-refractivity contribution in [2.75, 3.05) is 16.6 Å². The lowest BCUT2D eigenvalue weighted by Gasteiger charge is -2.23. The highest BCUT2D eigenvalue weighted by Gasteiger charge is 2.50. The van der Waals surface area contributed by atoms with Gasteiger partial charge in [-0.25, -0.2) is 23.4 Å². The average Bonchev–Trinajstić information content (AvgIpc) is 3.59. The van der Waals surface area contributed by atoms with Gasteiger partial charge in [-0.3, -0.25) is 14.5 Å². The number of hydrogen-bond acceptors (Lipinski definition) is 8. The molecule has 1 saturated carbocycles. The van der Waals surface area contributed by atoms with E-state index in [1.54, 1.807) is 51.4 Å². The Kier molecular flexibility index (Phi) is 6.46. The summed E-state index contributed by atoms with van der Waals surface area (Å²) in [6, 6.07) is 8.81. The number of rotatable bonds is 9. The van der Waals surface area contributed by atoms with Crippen LogP contribution in [0.25, 0.3) is 11.3 Å². The smallest absolute Gasteiger partial charge is 0.240 e. The highest BCUT2D eigenvalue weighted by atomic mass is 32.2. The lowest BCUT2D eigenvalue weighted by molar-refractivity contribution is -0.120. The summed E-state index contributed by atoms with van der Waals surface area (Å²) in [4.78, 5) is 30.0. The minimum absolute atomic E-state index is 0.0451. The van der Waals surface area contributed by atoms with E-state index in [2.05, 4.69) is 30.0 Å². The molecule has 4 rings (SSSR count). The van der Waals surface area contributed by atoms with E-state index < -0.39 is 20.2 Å². The van der Waals surface area contributed by atoms with Gasteiger partial charge in [-0.15, -0.1) is 0 Å². The summed E-state index contributed by atoms with van der Waals surface area (Å²) in [5.74, 6) is 0.100. The van der Waals surface area contributed by atoms with Crippen LogP contribution in [0.1, 0.15) is 46.2 Å². The molecule has 184 valence electrons. The molecule has 0 bridgehead atoms. The van der Waals surface area contributed by atoms with Crippen molar-refractivity contribution in [2.45, 2.75) is 50.7 Å². The van der Waals surface area contributed by atoms with Gasteiger partial charge in [-0.05, 0) is 58.7 Å². The Morgan fingerprint density at radius 1 is 1.11 bits per heavy atom. The number of sulfonamides is 1. The van der Waals surface area contributed by atoms with E-state index in [1.165, 1.54) is 6.20 Å². The van der Waals surface area contributed by atoms with Crippen molar-refractivity contribution in [3.63, 3.8) is 0 Å². The third-order valence-electron chi connectivity index (χ3n) is 6.04. The molecule has 0 atom stereocenters. The molecule has 0 aliphatic heterocycles. The van der Waals surface area contributed by atoms with Crippen molar-refractivity contribution in [3.05, 3.63) is 54.6 Å². The topological polar surface area (TPSA) is 136 Å². The lowest BCUT2D eigenvalue weighted by Crippen LogP contribution is -2.36. The first-order valence-corrected chi connectivity index (χ1v) is 12.7. The Bertz CT molecular complexity index is 1340. The molecule has 0 radical (unpaired) electrons. The number of carbonyl (C=O) groups is 1. The monoisotopic (exact) mass is 496 g/mol. The summed E-state index contributed by atoms with van der Waals surface area (Å²) in [7, 11) is -3.60. The first-order valence-electron chi connectivity index (χ1n) is 11.3. The SMILES string of the molecule is CCOc1cncc(-c2ccc(NC(=O)C(C)(C)c3ccnc(NS(=O)(=O)C4(C)CC4)n3)cc2)n1. The van der Waals surface area contributed by atoms with E-state index in [-0.39, 0.29) is 11.9 Å². The van der Waals surface area contributed by atoms with Crippen molar-refractivity contribution >= 4 is 27.6 Å². The van der Waals surface area contributed by atoms with Crippen molar-refractivity contribution in [3.8, 4) is 17.1 Å². The number of anilines is 2. The number of hydrogen-bond donors (Lipinski definition) is 2. The van der Waals surface area contributed by atoms with Crippen molar-refractivity contribution < 1.29 is 17.9 Å². The highest BCUT2D eigenvalue weighted by Crippen LogP contribution is 2.43. The number of amides is 1. The molecule has 2 heterocycles. The molecular weight excluding hydrogens is 468 g/mol. The fourth-order valence-electron chi connectivity index (χ4n) is 3.28. The van der Waals surface area contributed by atoms with Gasteiger partial charge in [0.05, 0.1) is 40.6 Å². The van der Waals surface area contributed by atoms with Crippen LogP contribution in [0.2, 0.25) is 0 Å². The quantitative estimate of drug-likeness (QED) is 0.459. The van der Waals surface area contributed by atoms with Crippen molar-refractivity contribution in [1.29, 1.82) is 0 Å². The first-order chi connectivity index (χ1) is 16.5. The molecule has 0 unspecified atom stereocenters. The largest absolute Gasteiger partial charge is 0.477 e. The van der Waals surface area contributed by atoms with E-state index in [0.29, 0.717) is 42.4 Å². The normalized spacial score (nSPS) is 14.7. The molecule has 1 aliphatic rings. The molecule has 3 aromatic rings. The summed E-state index contributed by atoms with van der Waals surface area (Å²) in [6.45, 7) is 7.49. The van der Waals surface area contributed by atoms with Crippen LogP contribution in [0.4, 0.5) is 11.6 Å². The van der Waals surface area contributed by atoms with Gasteiger partial charge in [0, 0.05) is 17.4 Å². The predicted molar refractivity (Wildman–Crippen MR) is 133 cm³/mol. The number of nitrogens with one attached hydrogen (secondary N) is 2. The molecule has 2 N–H and O–H groups in total. The number of ether oxygens (including phenoxy) is 1. The van der Waals surface area contributed by atoms with Crippen LogP contribution in [0, 0.1) is 0 Å². The van der Waals surface area contributed by atoms with Crippen LogP contribution in [-0.4, -0.2) is 45.6 Å². The fourth-order valence-corrected chi connectivity index (χ4v) is 4.50. The molecule has 1 aliphatic carbocycles. The van der Waals surface area contributed by atoms with Gasteiger partial charge in [0.15, 0.2) is 0 Å². The zero-order valence-electron chi connectivity index (χ0n) is 20.1. The second-order valence-electron chi connectivity index (χ2n) is 9.15. The van der Waals surface area contributed by atoms with Gasteiger partial charge in [0.1, 0.15) is 0 Å². The Labute approximate surface area is 204 Å². The van der Waals surface area contributed by atoms with Crippen molar-refractivity contribution in [1.82, 2.24) is 19.9 Å². The summed E-state index contributed by atoms with van der Waals surface area (Å²) in [5, 5.41) is 2.89. The van der Waals surface area contributed by atoms with Gasteiger partial charge in [0.25, 0.3) is 0 Å². The number of carbonyl (C=O) groups excluding carboxylic acids is 1. The van der Waals surface area contributed by atoms with Gasteiger partial charge in [-0.2, -0.15) is 0 Å². The Morgan fingerprint density at radius 2 is 1.83 bits per heavy atom. The van der Waals surface area contributed by atoms with Gasteiger partial charge < -0.3 is 10.1 Å². The number of aromatic nitrogens is 4. The van der Waals surface area contributed by atoms with Crippen LogP contribution in [0.3, 0.4) is 0 Å². The molecule has 35 heavy (non-hydrogen) atoms. The van der Waals surface area contributed by atoms with E-state index in [0.717, 1.165) is 5.56 Å². The average molecular weight is 497 g/mol. The molecule has 1 fully saturated rings. The first kappa shape index (κ1) is 24.5. The van der Waals surface area contributed by atoms with E-state index >= 15 is 0 Å². The molecule has 1 aromatic carbocycles. The Balaban J connectivity index is 1.47. The molecular formula is C24H28N6O4S. The lowest BCUT2D eigenvalue weighted by atomic mass is 9.88. The summed E-state index contributed by atoms with van der Waals surface area (Å²) in [5.41, 5.74) is 1.42. The maximum absolute atomic E-state index is 13.1. The summed E-state index contributed by atoms with van der Waals surface area (Å²) in [6.07, 6.45) is 5.83. The standard InChI is InChI=1S/C24H28N6O4S/c1-5-34-20-15-25-14-18(28-20)16-6-8-17(9-7-16)27-21(31)23(2,3)19-10-13-26-22(29-19)30-35(32,33)24(4)11-12-24/h6-10,13-15H,5,11-12H2,1-4H3,(H,27,31)(H,26,29,30). The molecule has 11 heteroatoms. The van der Waals surface area contributed by atoms with Gasteiger partial charge in [0.2, 0.25) is 27.8 Å². The molecule has 10 nitrogen and oxygen atoms in total. The zero-order chi connectivity index (χ0) is 25.3. The Morgan fingerprint density at radius 3 is 2.49 bits per heavy atom. The van der Waals surface area contributed by atoms with Crippen LogP contribution >= 0.6 is 0 Å². The molecule has 2 aromatic heterocycles. The minimum Gasteiger partial charge on any atom is -0.477 e. The highest BCUT2D eigenvalue weighted by molar-refractivity contribution is 7.94. The number of nitrogens with zero attached hydrogens (tertiary/aromatic N) is 4. The molecule has 0 spiro atoms. The zero-order valence-corrected chi connectivity index (χ0v) is 20.9. The second-order valence-corrected chi connectivity index (χ2v) is 11.3. The fraction of sp³-hybridized carbons (Fsp3) is 0.375. The van der Waals surface area contributed by atoms with Crippen LogP contribution in [-0.2, 0) is 20.2 Å². The summed E-state index contributed by atoms with van der Waals surface area (Å²) < 4.78 is 32.1. The Hall–Kier alpha value is -3.60. The van der Waals surface area contributed by atoms with E-state index in [1.807, 2.05) is 19.1 Å². The van der Waals surface area contributed by atoms with Crippen LogP contribution in [0.15, 0.2) is 48.9 Å². The summed E-state index contributed by atoms with van der Waals surface area (Å²) >= 11 is 0. The maximum atomic E-state index is 13.1. The third kappa shape index (κ3) is 5.24. The van der Waals surface area contributed by atoms with E-state index in [9.17, 15) is 13.2 Å². The predicted octanol–water partition coefficient (Wildman–Crippen LogP) is 3.54. The minimum atomic E-state index is -3.60. The van der Waals surface area contributed by atoms with Gasteiger partial charge in [-0.1, -0.05) is 12.1 Å².